The first kappa shape index (κ1) is 15.0. The molecule has 102 valence electrons. The third-order valence-corrected chi connectivity index (χ3v) is 3.47. The molecule has 0 aliphatic carbocycles. The van der Waals surface area contributed by atoms with E-state index in [0.717, 1.165) is 25.4 Å². The number of hydrogen-bond donors (Lipinski definition) is 1. The molecule has 0 aliphatic rings. The van der Waals surface area contributed by atoms with Gasteiger partial charge < -0.3 is 15.0 Å². The molecule has 0 amide bonds. The minimum atomic E-state index is 0.660. The zero-order valence-electron chi connectivity index (χ0n) is 12.1. The summed E-state index contributed by atoms with van der Waals surface area (Å²) >= 11 is 0. The van der Waals surface area contributed by atoms with Crippen LogP contribution in [0.5, 0.6) is 5.75 Å². The van der Waals surface area contributed by atoms with E-state index in [1.54, 1.807) is 7.11 Å². The normalized spacial score (nSPS) is 12.7. The van der Waals surface area contributed by atoms with E-state index in [4.69, 9.17) is 4.74 Å². The molecule has 1 atom stereocenters. The Balaban J connectivity index is 2.21. The van der Waals surface area contributed by atoms with Crippen LogP contribution in [0.3, 0.4) is 0 Å². The Morgan fingerprint density at radius 2 is 1.94 bits per heavy atom. The van der Waals surface area contributed by atoms with Crippen molar-refractivity contribution in [1.29, 1.82) is 0 Å². The van der Waals surface area contributed by atoms with Gasteiger partial charge in [-0.3, -0.25) is 0 Å². The minimum Gasteiger partial charge on any atom is -0.497 e. The SMILES string of the molecule is CCC(C)N(C)CCNCc1ccc(OC)cc1. The van der Waals surface area contributed by atoms with E-state index < -0.39 is 0 Å². The summed E-state index contributed by atoms with van der Waals surface area (Å²) in [7, 11) is 3.88. The Hall–Kier alpha value is -1.06. The van der Waals surface area contributed by atoms with E-state index in [9.17, 15) is 0 Å². The number of likely N-dealkylation sites (N-methyl/N-ethyl adjacent to an activating group) is 1. The lowest BCUT2D eigenvalue weighted by molar-refractivity contribution is 0.251. The number of nitrogens with zero attached hydrogens (tertiary/aromatic N) is 1. The maximum Gasteiger partial charge on any atom is 0.118 e. The molecule has 1 unspecified atom stereocenters. The molecule has 0 heterocycles. The van der Waals surface area contributed by atoms with Crippen molar-refractivity contribution in [2.45, 2.75) is 32.9 Å². The summed E-state index contributed by atoms with van der Waals surface area (Å²) in [6.07, 6.45) is 1.20. The van der Waals surface area contributed by atoms with E-state index in [2.05, 4.69) is 43.2 Å². The Morgan fingerprint density at radius 1 is 1.28 bits per heavy atom. The molecular weight excluding hydrogens is 224 g/mol. The van der Waals surface area contributed by atoms with Crippen molar-refractivity contribution in [1.82, 2.24) is 10.2 Å². The Bertz CT molecular complexity index is 324. The van der Waals surface area contributed by atoms with E-state index in [1.807, 2.05) is 12.1 Å². The first-order chi connectivity index (χ1) is 8.67. The standard InChI is InChI=1S/C15H26N2O/c1-5-13(2)17(3)11-10-16-12-14-6-8-15(18-4)9-7-14/h6-9,13,16H,5,10-12H2,1-4H3. The fourth-order valence-electron chi connectivity index (χ4n) is 1.76. The summed E-state index contributed by atoms with van der Waals surface area (Å²) in [5.74, 6) is 0.912. The molecule has 1 N–H and O–H groups in total. The highest BCUT2D eigenvalue weighted by atomic mass is 16.5. The monoisotopic (exact) mass is 250 g/mol. The van der Waals surface area contributed by atoms with Crippen LogP contribution in [0.15, 0.2) is 24.3 Å². The van der Waals surface area contributed by atoms with Crippen LogP contribution >= 0.6 is 0 Å². The molecular formula is C15H26N2O. The van der Waals surface area contributed by atoms with Crippen LogP contribution in [0.2, 0.25) is 0 Å². The lowest BCUT2D eigenvalue weighted by Gasteiger charge is -2.23. The van der Waals surface area contributed by atoms with Crippen molar-refractivity contribution in [3.8, 4) is 5.75 Å². The molecule has 0 spiro atoms. The summed E-state index contributed by atoms with van der Waals surface area (Å²) < 4.78 is 5.14. The number of ether oxygens (including phenoxy) is 1. The predicted octanol–water partition coefficient (Wildman–Crippen LogP) is 2.52. The number of nitrogens with one attached hydrogen (secondary N) is 1. The third kappa shape index (κ3) is 5.07. The molecule has 0 fully saturated rings. The molecule has 0 bridgehead atoms. The summed E-state index contributed by atoms with van der Waals surface area (Å²) in [5.41, 5.74) is 1.29. The van der Waals surface area contributed by atoms with Gasteiger partial charge in [0.15, 0.2) is 0 Å². The number of rotatable bonds is 8. The maximum absolute atomic E-state index is 5.14. The largest absolute Gasteiger partial charge is 0.497 e. The van der Waals surface area contributed by atoms with Gasteiger partial charge in [-0.25, -0.2) is 0 Å². The molecule has 1 rings (SSSR count). The Morgan fingerprint density at radius 3 is 2.50 bits per heavy atom. The molecule has 1 aromatic rings. The van der Waals surface area contributed by atoms with Gasteiger partial charge in [0.25, 0.3) is 0 Å². The van der Waals surface area contributed by atoms with Crippen LogP contribution in [-0.4, -0.2) is 38.2 Å². The highest BCUT2D eigenvalue weighted by Gasteiger charge is 2.05. The number of hydrogen-bond acceptors (Lipinski definition) is 3. The van der Waals surface area contributed by atoms with E-state index in [1.165, 1.54) is 12.0 Å². The van der Waals surface area contributed by atoms with Crippen molar-refractivity contribution in [2.24, 2.45) is 0 Å². The molecule has 0 saturated carbocycles. The van der Waals surface area contributed by atoms with Crippen molar-refractivity contribution in [2.75, 3.05) is 27.2 Å². The molecule has 18 heavy (non-hydrogen) atoms. The summed E-state index contributed by atoms with van der Waals surface area (Å²) in [6, 6.07) is 8.87. The van der Waals surface area contributed by atoms with Crippen LogP contribution in [0.4, 0.5) is 0 Å². The van der Waals surface area contributed by atoms with Crippen LogP contribution in [0, 0.1) is 0 Å². The van der Waals surface area contributed by atoms with E-state index in [0.29, 0.717) is 6.04 Å². The average molecular weight is 250 g/mol. The van der Waals surface area contributed by atoms with Gasteiger partial charge in [0.05, 0.1) is 7.11 Å². The van der Waals surface area contributed by atoms with Crippen molar-refractivity contribution >= 4 is 0 Å². The van der Waals surface area contributed by atoms with Crippen molar-refractivity contribution in [3.63, 3.8) is 0 Å². The predicted molar refractivity (Wildman–Crippen MR) is 77.1 cm³/mol. The highest BCUT2D eigenvalue weighted by Crippen LogP contribution is 2.10. The topological polar surface area (TPSA) is 24.5 Å². The Labute approximate surface area is 111 Å². The fourth-order valence-corrected chi connectivity index (χ4v) is 1.76. The fraction of sp³-hybridized carbons (Fsp3) is 0.600. The van der Waals surface area contributed by atoms with Gasteiger partial charge in [-0.1, -0.05) is 19.1 Å². The van der Waals surface area contributed by atoms with Gasteiger partial charge in [-0.05, 0) is 38.1 Å². The maximum atomic E-state index is 5.14. The molecule has 0 aromatic heterocycles. The number of benzene rings is 1. The van der Waals surface area contributed by atoms with Gasteiger partial charge in [-0.15, -0.1) is 0 Å². The van der Waals surface area contributed by atoms with Gasteiger partial charge in [0, 0.05) is 25.7 Å². The van der Waals surface area contributed by atoms with Gasteiger partial charge in [0.2, 0.25) is 0 Å². The average Bonchev–Trinajstić information content (AvgIpc) is 2.43. The third-order valence-electron chi connectivity index (χ3n) is 3.47. The Kier molecular flexibility index (Phi) is 6.76. The molecule has 0 aliphatic heterocycles. The van der Waals surface area contributed by atoms with Crippen molar-refractivity contribution in [3.05, 3.63) is 29.8 Å². The van der Waals surface area contributed by atoms with Crippen LogP contribution in [-0.2, 0) is 6.54 Å². The van der Waals surface area contributed by atoms with Gasteiger partial charge in [0.1, 0.15) is 5.75 Å². The van der Waals surface area contributed by atoms with Crippen LogP contribution in [0.25, 0.3) is 0 Å². The second-order valence-corrected chi connectivity index (χ2v) is 4.76. The molecule has 1 aromatic carbocycles. The molecule has 3 nitrogen and oxygen atoms in total. The molecule has 3 heteroatoms. The summed E-state index contributed by atoms with van der Waals surface area (Å²) in [4.78, 5) is 2.39. The van der Waals surface area contributed by atoms with Crippen LogP contribution in [0.1, 0.15) is 25.8 Å². The lowest BCUT2D eigenvalue weighted by atomic mass is 10.2. The zero-order chi connectivity index (χ0) is 13.4. The van der Waals surface area contributed by atoms with Crippen LogP contribution < -0.4 is 10.1 Å². The van der Waals surface area contributed by atoms with E-state index >= 15 is 0 Å². The molecule has 0 saturated heterocycles. The minimum absolute atomic E-state index is 0.660. The first-order valence-corrected chi connectivity index (χ1v) is 6.71. The van der Waals surface area contributed by atoms with Crippen molar-refractivity contribution < 1.29 is 4.74 Å². The van der Waals surface area contributed by atoms with E-state index in [-0.39, 0.29) is 0 Å². The van der Waals surface area contributed by atoms with Gasteiger partial charge in [-0.2, -0.15) is 0 Å². The zero-order valence-corrected chi connectivity index (χ0v) is 12.1. The smallest absolute Gasteiger partial charge is 0.118 e. The van der Waals surface area contributed by atoms with Gasteiger partial charge >= 0.3 is 0 Å². The lowest BCUT2D eigenvalue weighted by Crippen LogP contribution is -2.34. The first-order valence-electron chi connectivity index (χ1n) is 6.71. The second kappa shape index (κ2) is 8.11. The number of methoxy groups -OCH3 is 1. The quantitative estimate of drug-likeness (QED) is 0.718. The highest BCUT2D eigenvalue weighted by molar-refractivity contribution is 5.26. The molecule has 0 radical (unpaired) electrons. The summed E-state index contributed by atoms with van der Waals surface area (Å²) in [5, 5.41) is 3.47. The summed E-state index contributed by atoms with van der Waals surface area (Å²) in [6.45, 7) is 7.52. The second-order valence-electron chi connectivity index (χ2n) is 4.76.